The Morgan fingerprint density at radius 3 is 2.48 bits per heavy atom. The zero-order valence-electron chi connectivity index (χ0n) is 14.0. The van der Waals surface area contributed by atoms with Crippen LogP contribution in [-0.2, 0) is 4.79 Å². The van der Waals surface area contributed by atoms with Crippen LogP contribution >= 0.6 is 0 Å². The Kier molecular flexibility index (Phi) is 3.62. The summed E-state index contributed by atoms with van der Waals surface area (Å²) in [5.74, 6) is -0.0763. The molecule has 1 aromatic heterocycles. The number of hydrogen-bond acceptors (Lipinski definition) is 1. The molecule has 0 spiro atoms. The molecule has 2 heterocycles. The second-order valence-corrected chi connectivity index (χ2v) is 6.08. The molecule has 0 atom stereocenters. The van der Waals surface area contributed by atoms with Crippen molar-refractivity contribution in [1.82, 2.24) is 4.98 Å². The number of aromatic nitrogens is 1. The van der Waals surface area contributed by atoms with E-state index in [4.69, 9.17) is 0 Å². The van der Waals surface area contributed by atoms with Gasteiger partial charge >= 0.3 is 0 Å². The summed E-state index contributed by atoms with van der Waals surface area (Å²) in [5, 5.41) is 2.92. The second kappa shape index (κ2) is 5.95. The highest BCUT2D eigenvalue weighted by Gasteiger charge is 2.24. The molecule has 3 aromatic rings. The number of benzene rings is 2. The minimum Gasteiger partial charge on any atom is -0.358 e. The van der Waals surface area contributed by atoms with Gasteiger partial charge in [-0.25, -0.2) is 0 Å². The number of amides is 1. The Morgan fingerprint density at radius 1 is 1.00 bits per heavy atom. The van der Waals surface area contributed by atoms with Crippen LogP contribution in [0.4, 0.5) is 5.69 Å². The molecule has 0 fully saturated rings. The number of para-hydroxylation sites is 1. The number of carbonyl (C=O) groups excluding carboxylic acids is 1. The molecule has 0 bridgehead atoms. The quantitative estimate of drug-likeness (QED) is 0.644. The number of nitrogens with one attached hydrogen (secondary N) is 2. The van der Waals surface area contributed by atoms with Crippen LogP contribution in [0.1, 0.15) is 22.5 Å². The second-order valence-electron chi connectivity index (χ2n) is 6.08. The lowest BCUT2D eigenvalue weighted by atomic mass is 9.98. The molecule has 1 aliphatic heterocycles. The molecule has 0 aliphatic carbocycles. The highest BCUT2D eigenvalue weighted by molar-refractivity contribution is 6.35. The van der Waals surface area contributed by atoms with Crippen molar-refractivity contribution < 1.29 is 4.79 Å². The van der Waals surface area contributed by atoms with E-state index in [1.54, 1.807) is 0 Å². The van der Waals surface area contributed by atoms with E-state index < -0.39 is 0 Å². The van der Waals surface area contributed by atoms with Gasteiger partial charge in [0.05, 0.1) is 5.57 Å². The Morgan fingerprint density at radius 2 is 1.72 bits per heavy atom. The minimum absolute atomic E-state index is 0.0763. The van der Waals surface area contributed by atoms with Crippen LogP contribution in [0.2, 0.25) is 0 Å². The van der Waals surface area contributed by atoms with Crippen LogP contribution in [0.5, 0.6) is 0 Å². The van der Waals surface area contributed by atoms with E-state index in [1.165, 1.54) is 0 Å². The lowest BCUT2D eigenvalue weighted by Gasteiger charge is -2.04. The molecule has 0 radical (unpaired) electrons. The maximum atomic E-state index is 12.4. The third-order valence-corrected chi connectivity index (χ3v) is 4.53. The Labute approximate surface area is 146 Å². The number of aryl methyl sites for hydroxylation is 1. The SMILES string of the molecule is C=Cc1c(C)[nH]c(/C=C2\C(=O)Nc3ccccc32)c1-c1ccccc1. The van der Waals surface area contributed by atoms with Crippen LogP contribution in [0.15, 0.2) is 61.2 Å². The van der Waals surface area contributed by atoms with Crippen molar-refractivity contribution in [3.8, 4) is 11.1 Å². The minimum atomic E-state index is -0.0763. The average Bonchev–Trinajstić information content (AvgIpc) is 3.12. The Hall–Kier alpha value is -3.33. The van der Waals surface area contributed by atoms with Crippen molar-refractivity contribution in [1.29, 1.82) is 0 Å². The monoisotopic (exact) mass is 326 g/mol. The molecule has 25 heavy (non-hydrogen) atoms. The van der Waals surface area contributed by atoms with Crippen molar-refractivity contribution in [2.24, 2.45) is 0 Å². The Bertz CT molecular complexity index is 1010. The van der Waals surface area contributed by atoms with E-state index in [2.05, 4.69) is 29.0 Å². The van der Waals surface area contributed by atoms with Gasteiger partial charge in [0.2, 0.25) is 0 Å². The predicted octanol–water partition coefficient (Wildman–Crippen LogP) is 5.13. The molecule has 4 rings (SSSR count). The maximum absolute atomic E-state index is 12.4. The van der Waals surface area contributed by atoms with Crippen molar-refractivity contribution >= 4 is 29.3 Å². The summed E-state index contributed by atoms with van der Waals surface area (Å²) in [6.07, 6.45) is 3.79. The number of carbonyl (C=O) groups is 1. The van der Waals surface area contributed by atoms with E-state index in [9.17, 15) is 4.79 Å². The first-order chi connectivity index (χ1) is 12.2. The van der Waals surface area contributed by atoms with E-state index in [0.717, 1.165) is 39.3 Å². The first kappa shape index (κ1) is 15.2. The molecule has 3 nitrogen and oxygen atoms in total. The number of rotatable bonds is 3. The zero-order valence-corrected chi connectivity index (χ0v) is 14.0. The molecule has 1 amide bonds. The zero-order chi connectivity index (χ0) is 17.4. The third-order valence-electron chi connectivity index (χ3n) is 4.53. The van der Waals surface area contributed by atoms with Gasteiger partial charge in [-0.2, -0.15) is 0 Å². The smallest absolute Gasteiger partial charge is 0.256 e. The molecule has 122 valence electrons. The van der Waals surface area contributed by atoms with Gasteiger partial charge in [-0.1, -0.05) is 61.2 Å². The van der Waals surface area contributed by atoms with Crippen LogP contribution < -0.4 is 5.32 Å². The molecule has 1 aliphatic rings. The Balaban J connectivity index is 1.93. The third kappa shape index (κ3) is 2.50. The fourth-order valence-electron chi connectivity index (χ4n) is 3.37. The summed E-state index contributed by atoms with van der Waals surface area (Å²) in [5.41, 5.74) is 7.63. The van der Waals surface area contributed by atoms with Gasteiger partial charge in [0, 0.05) is 33.8 Å². The van der Waals surface area contributed by atoms with Crippen molar-refractivity contribution in [2.75, 3.05) is 5.32 Å². The molecule has 0 unspecified atom stereocenters. The molecular formula is C22H18N2O. The van der Waals surface area contributed by atoms with Gasteiger partial charge in [-0.3, -0.25) is 4.79 Å². The molecule has 3 heteroatoms. The number of fused-ring (bicyclic) bond motifs is 1. The van der Waals surface area contributed by atoms with E-state index in [1.807, 2.05) is 61.5 Å². The van der Waals surface area contributed by atoms with Gasteiger partial charge in [0.15, 0.2) is 0 Å². The van der Waals surface area contributed by atoms with Crippen molar-refractivity contribution in [2.45, 2.75) is 6.92 Å². The lowest BCUT2D eigenvalue weighted by molar-refractivity contribution is -0.110. The van der Waals surface area contributed by atoms with Gasteiger partial charge in [-0.05, 0) is 24.6 Å². The number of aromatic amines is 1. The van der Waals surface area contributed by atoms with Crippen LogP contribution in [0.25, 0.3) is 28.9 Å². The first-order valence-electron chi connectivity index (χ1n) is 8.22. The van der Waals surface area contributed by atoms with Gasteiger partial charge in [0.25, 0.3) is 5.91 Å². The molecule has 2 N–H and O–H groups in total. The topological polar surface area (TPSA) is 44.9 Å². The molecule has 0 saturated heterocycles. The number of anilines is 1. The van der Waals surface area contributed by atoms with Gasteiger partial charge in [0.1, 0.15) is 0 Å². The van der Waals surface area contributed by atoms with Crippen molar-refractivity contribution in [3.05, 3.63) is 83.7 Å². The number of hydrogen-bond donors (Lipinski definition) is 2. The van der Waals surface area contributed by atoms with Gasteiger partial charge < -0.3 is 10.3 Å². The fourth-order valence-corrected chi connectivity index (χ4v) is 3.37. The summed E-state index contributed by atoms with van der Waals surface area (Å²) in [4.78, 5) is 15.8. The largest absolute Gasteiger partial charge is 0.358 e. The average molecular weight is 326 g/mol. The van der Waals surface area contributed by atoms with Crippen LogP contribution in [0, 0.1) is 6.92 Å². The normalized spacial score (nSPS) is 14.4. The summed E-state index contributed by atoms with van der Waals surface area (Å²) in [6, 6.07) is 17.9. The van der Waals surface area contributed by atoms with E-state index in [-0.39, 0.29) is 5.91 Å². The summed E-state index contributed by atoms with van der Waals surface area (Å²) >= 11 is 0. The first-order valence-corrected chi connectivity index (χ1v) is 8.22. The maximum Gasteiger partial charge on any atom is 0.256 e. The summed E-state index contributed by atoms with van der Waals surface area (Å²) in [6.45, 7) is 5.98. The number of H-pyrrole nitrogens is 1. The molecule has 2 aromatic carbocycles. The highest BCUT2D eigenvalue weighted by atomic mass is 16.2. The van der Waals surface area contributed by atoms with Crippen LogP contribution in [-0.4, -0.2) is 10.9 Å². The van der Waals surface area contributed by atoms with Crippen molar-refractivity contribution in [3.63, 3.8) is 0 Å². The standard InChI is InChI=1S/C22H18N2O/c1-3-16-14(2)23-20(21(16)15-9-5-4-6-10-15)13-18-17-11-7-8-12-19(17)24-22(18)25/h3-13,23H,1H2,2H3,(H,24,25)/b18-13-. The van der Waals surface area contributed by atoms with E-state index in [0.29, 0.717) is 5.57 Å². The molecular weight excluding hydrogens is 308 g/mol. The summed E-state index contributed by atoms with van der Waals surface area (Å²) < 4.78 is 0. The highest BCUT2D eigenvalue weighted by Crippen LogP contribution is 2.37. The van der Waals surface area contributed by atoms with Gasteiger partial charge in [-0.15, -0.1) is 0 Å². The van der Waals surface area contributed by atoms with E-state index >= 15 is 0 Å². The van der Waals surface area contributed by atoms with Crippen LogP contribution in [0.3, 0.4) is 0 Å². The predicted molar refractivity (Wildman–Crippen MR) is 104 cm³/mol. The fraction of sp³-hybridized carbons (Fsp3) is 0.0455. The molecule has 0 saturated carbocycles. The summed E-state index contributed by atoms with van der Waals surface area (Å²) in [7, 11) is 0. The lowest BCUT2D eigenvalue weighted by Crippen LogP contribution is -2.03.